The summed E-state index contributed by atoms with van der Waals surface area (Å²) < 4.78 is 35.7. The number of benzene rings is 1. The first kappa shape index (κ1) is 23.9. The summed E-state index contributed by atoms with van der Waals surface area (Å²) >= 11 is 0. The van der Waals surface area contributed by atoms with E-state index >= 15 is 0 Å². The molecule has 182 valence electrons. The fourth-order valence-corrected chi connectivity index (χ4v) is 5.07. The number of amides is 2. The number of aromatic nitrogens is 1. The number of carbonyl (C=O) groups excluding carboxylic acids is 2. The van der Waals surface area contributed by atoms with Crippen molar-refractivity contribution in [3.63, 3.8) is 0 Å². The van der Waals surface area contributed by atoms with Gasteiger partial charge in [0.2, 0.25) is 5.43 Å². The fourth-order valence-electron chi connectivity index (χ4n) is 5.07. The number of ether oxygens (including phenoxy) is 1. The third-order valence-electron chi connectivity index (χ3n) is 7.03. The standard InChI is InChI=1S/C24H27F2N3O5/c1-4-24(34-3)6-5-7-28-12-18(24)29-11-15(20(30)21(31)19(29)23(28)33)22(32)27-10-14-16(25)8-13(2)9-17(14)26/h8-9,11,18,31H,4-7,10,12H2,1-3H3,(H,27,32)/t18-,24+/m1/s1. The van der Waals surface area contributed by atoms with Crippen molar-refractivity contribution >= 4 is 11.8 Å². The molecule has 0 aliphatic carbocycles. The summed E-state index contributed by atoms with van der Waals surface area (Å²) in [6.07, 6.45) is 3.18. The first-order valence-electron chi connectivity index (χ1n) is 11.2. The highest BCUT2D eigenvalue weighted by atomic mass is 19.1. The van der Waals surface area contributed by atoms with Crippen molar-refractivity contribution in [2.75, 3.05) is 20.2 Å². The van der Waals surface area contributed by atoms with Crippen molar-refractivity contribution in [1.82, 2.24) is 14.8 Å². The highest BCUT2D eigenvalue weighted by molar-refractivity contribution is 5.99. The zero-order chi connectivity index (χ0) is 24.8. The molecule has 2 aromatic rings. The Morgan fingerprint density at radius 2 is 1.97 bits per heavy atom. The van der Waals surface area contributed by atoms with E-state index in [1.165, 1.54) is 17.7 Å². The molecule has 2 N–H and O–H groups in total. The maximum absolute atomic E-state index is 14.2. The second-order valence-electron chi connectivity index (χ2n) is 8.86. The molecule has 0 radical (unpaired) electrons. The molecule has 0 spiro atoms. The quantitative estimate of drug-likeness (QED) is 0.693. The van der Waals surface area contributed by atoms with E-state index < -0.39 is 58.4 Å². The summed E-state index contributed by atoms with van der Waals surface area (Å²) in [6, 6.07) is 1.84. The number of hydrogen-bond acceptors (Lipinski definition) is 5. The molecule has 1 saturated heterocycles. The van der Waals surface area contributed by atoms with Gasteiger partial charge >= 0.3 is 0 Å². The number of hydrogen-bond donors (Lipinski definition) is 2. The lowest BCUT2D eigenvalue weighted by Gasteiger charge is -2.43. The normalized spacial score (nSPS) is 21.7. The second-order valence-corrected chi connectivity index (χ2v) is 8.86. The minimum absolute atomic E-state index is 0.190. The van der Waals surface area contributed by atoms with Gasteiger partial charge in [0, 0.05) is 38.5 Å². The summed E-state index contributed by atoms with van der Waals surface area (Å²) in [4.78, 5) is 40.3. The molecule has 2 aliphatic heterocycles. The van der Waals surface area contributed by atoms with Gasteiger partial charge in [-0.25, -0.2) is 8.78 Å². The van der Waals surface area contributed by atoms with Crippen LogP contribution >= 0.6 is 0 Å². The van der Waals surface area contributed by atoms with Gasteiger partial charge in [-0.1, -0.05) is 6.92 Å². The molecule has 4 rings (SSSR count). The maximum atomic E-state index is 14.2. The van der Waals surface area contributed by atoms with Gasteiger partial charge in [0.1, 0.15) is 17.2 Å². The maximum Gasteiger partial charge on any atom is 0.274 e. The molecule has 10 heteroatoms. The van der Waals surface area contributed by atoms with E-state index in [1.54, 1.807) is 12.0 Å². The van der Waals surface area contributed by atoms with Crippen LogP contribution in [0.4, 0.5) is 8.78 Å². The summed E-state index contributed by atoms with van der Waals surface area (Å²) in [6.45, 7) is 3.76. The summed E-state index contributed by atoms with van der Waals surface area (Å²) in [5, 5.41) is 13.0. The number of carbonyl (C=O) groups is 2. The van der Waals surface area contributed by atoms with Gasteiger partial charge in [-0.2, -0.15) is 0 Å². The molecule has 2 aliphatic rings. The molecular formula is C24H27F2N3O5. The van der Waals surface area contributed by atoms with Crippen LogP contribution in [0.15, 0.2) is 23.1 Å². The Balaban J connectivity index is 1.75. The minimum Gasteiger partial charge on any atom is -0.503 e. The number of fused-ring (bicyclic) bond motifs is 4. The number of nitrogens with zero attached hydrogens (tertiary/aromatic N) is 2. The van der Waals surface area contributed by atoms with E-state index in [-0.39, 0.29) is 11.3 Å². The molecule has 2 bridgehead atoms. The van der Waals surface area contributed by atoms with Crippen LogP contribution in [0.3, 0.4) is 0 Å². The molecule has 34 heavy (non-hydrogen) atoms. The second kappa shape index (κ2) is 8.83. The Bertz CT molecular complexity index is 1200. The van der Waals surface area contributed by atoms with E-state index in [9.17, 15) is 28.3 Å². The number of aromatic hydroxyl groups is 1. The van der Waals surface area contributed by atoms with Gasteiger partial charge in [-0.3, -0.25) is 14.4 Å². The molecular weight excluding hydrogens is 448 g/mol. The monoisotopic (exact) mass is 475 g/mol. The topological polar surface area (TPSA) is 101 Å². The van der Waals surface area contributed by atoms with Crippen LogP contribution in [0.5, 0.6) is 5.75 Å². The largest absolute Gasteiger partial charge is 0.503 e. The fraction of sp³-hybridized carbons (Fsp3) is 0.458. The molecule has 2 atom stereocenters. The Morgan fingerprint density at radius 1 is 1.29 bits per heavy atom. The number of methoxy groups -OCH3 is 1. The molecule has 2 amide bonds. The lowest BCUT2D eigenvalue weighted by Crippen LogP contribution is -2.51. The van der Waals surface area contributed by atoms with Gasteiger partial charge in [-0.15, -0.1) is 0 Å². The minimum atomic E-state index is -1.03. The predicted molar refractivity (Wildman–Crippen MR) is 119 cm³/mol. The average molecular weight is 475 g/mol. The highest BCUT2D eigenvalue weighted by Crippen LogP contribution is 2.41. The molecule has 0 saturated carbocycles. The first-order valence-corrected chi connectivity index (χ1v) is 11.2. The molecule has 1 fully saturated rings. The molecule has 3 heterocycles. The van der Waals surface area contributed by atoms with Crippen LogP contribution in [0.1, 0.15) is 64.2 Å². The van der Waals surface area contributed by atoms with Gasteiger partial charge in [-0.05, 0) is 43.9 Å². The molecule has 0 unspecified atom stereocenters. The number of nitrogens with one attached hydrogen (secondary N) is 1. The Kier molecular flexibility index (Phi) is 6.20. The van der Waals surface area contributed by atoms with Gasteiger partial charge in [0.05, 0.1) is 11.6 Å². The average Bonchev–Trinajstić information content (AvgIpc) is 2.97. The lowest BCUT2D eigenvalue weighted by atomic mass is 9.85. The first-order chi connectivity index (χ1) is 16.1. The third-order valence-corrected chi connectivity index (χ3v) is 7.03. The van der Waals surface area contributed by atoms with Crippen LogP contribution in [0.25, 0.3) is 0 Å². The van der Waals surface area contributed by atoms with Crippen molar-refractivity contribution in [3.8, 4) is 5.75 Å². The van der Waals surface area contributed by atoms with Gasteiger partial charge in [0.25, 0.3) is 11.8 Å². The Labute approximate surface area is 195 Å². The zero-order valence-corrected chi connectivity index (χ0v) is 19.3. The molecule has 8 nitrogen and oxygen atoms in total. The Morgan fingerprint density at radius 3 is 2.59 bits per heavy atom. The van der Waals surface area contributed by atoms with E-state index in [1.807, 2.05) is 6.92 Å². The van der Waals surface area contributed by atoms with Crippen LogP contribution in [0, 0.1) is 18.6 Å². The van der Waals surface area contributed by atoms with E-state index in [0.29, 0.717) is 37.9 Å². The van der Waals surface area contributed by atoms with Crippen LogP contribution in [0.2, 0.25) is 0 Å². The summed E-state index contributed by atoms with van der Waals surface area (Å²) in [5.41, 5.74) is -2.27. The van der Waals surface area contributed by atoms with Gasteiger partial charge in [0.15, 0.2) is 11.4 Å². The number of pyridine rings is 1. The third kappa shape index (κ3) is 3.75. The smallest absolute Gasteiger partial charge is 0.274 e. The van der Waals surface area contributed by atoms with Crippen molar-refractivity contribution < 1.29 is 28.2 Å². The summed E-state index contributed by atoms with van der Waals surface area (Å²) in [7, 11) is 1.58. The number of aryl methyl sites for hydroxylation is 1. The SMILES string of the molecule is CC[C@]1(OC)CCCN2C[C@H]1n1cc(C(=O)NCc3c(F)cc(C)cc3F)c(=O)c(O)c1C2=O. The van der Waals surface area contributed by atoms with Crippen LogP contribution in [-0.4, -0.2) is 52.2 Å². The zero-order valence-electron chi connectivity index (χ0n) is 19.3. The molecule has 1 aromatic heterocycles. The van der Waals surface area contributed by atoms with E-state index in [2.05, 4.69) is 5.32 Å². The van der Waals surface area contributed by atoms with Crippen molar-refractivity contribution in [3.05, 3.63) is 62.6 Å². The van der Waals surface area contributed by atoms with Gasteiger partial charge < -0.3 is 24.6 Å². The van der Waals surface area contributed by atoms with E-state index in [4.69, 9.17) is 4.74 Å². The van der Waals surface area contributed by atoms with Crippen LogP contribution in [-0.2, 0) is 11.3 Å². The molecule has 1 aromatic carbocycles. The lowest BCUT2D eigenvalue weighted by molar-refractivity contribution is -0.0635. The number of rotatable bonds is 5. The highest BCUT2D eigenvalue weighted by Gasteiger charge is 2.47. The summed E-state index contributed by atoms with van der Waals surface area (Å²) in [5.74, 6) is -3.88. The van der Waals surface area contributed by atoms with Crippen molar-refractivity contribution in [2.24, 2.45) is 0 Å². The van der Waals surface area contributed by atoms with Crippen molar-refractivity contribution in [2.45, 2.75) is 51.3 Å². The van der Waals surface area contributed by atoms with E-state index in [0.717, 1.165) is 12.1 Å². The predicted octanol–water partition coefficient (Wildman–Crippen LogP) is 2.66. The van der Waals surface area contributed by atoms with Crippen molar-refractivity contribution in [1.29, 1.82) is 0 Å². The Hall–Kier alpha value is -3.27. The number of halogens is 2. The van der Waals surface area contributed by atoms with Crippen LogP contribution < -0.4 is 10.7 Å².